The maximum atomic E-state index is 5.26. The van der Waals surface area contributed by atoms with Gasteiger partial charge >= 0.3 is 0 Å². The van der Waals surface area contributed by atoms with Crippen LogP contribution in [0.25, 0.3) is 0 Å². The molecule has 0 fully saturated rings. The summed E-state index contributed by atoms with van der Waals surface area (Å²) in [5.74, 6) is 0.616. The van der Waals surface area contributed by atoms with Crippen LogP contribution in [-0.4, -0.2) is 41.0 Å². The molecule has 0 aromatic carbocycles. The summed E-state index contributed by atoms with van der Waals surface area (Å²) >= 11 is 0. The molecule has 0 unspecified atom stereocenters. The first-order valence-electron chi connectivity index (χ1n) is 5.21. The molecule has 4 heteroatoms. The van der Waals surface area contributed by atoms with Gasteiger partial charge in [-0.3, -0.25) is 0 Å². The maximum Gasteiger partial charge on any atom is 0.164 e. The third-order valence-corrected chi connectivity index (χ3v) is 2.37. The minimum Gasteiger partial charge on any atom is -0.355 e. The average Bonchev–Trinajstić information content (AvgIpc) is 2.20. The largest absolute Gasteiger partial charge is 0.355 e. The predicted octanol–water partition coefficient (Wildman–Crippen LogP) is 1.89. The second-order valence-corrected chi connectivity index (χ2v) is 3.97. The molecule has 0 aliphatic heterocycles. The molecule has 0 N–H and O–H groups in total. The summed E-state index contributed by atoms with van der Waals surface area (Å²) in [5, 5.41) is 0. The first-order chi connectivity index (χ1) is 7.10. The van der Waals surface area contributed by atoms with Crippen molar-refractivity contribution >= 4 is 0 Å². The highest BCUT2D eigenvalue weighted by molar-refractivity contribution is 4.69. The molecule has 0 spiro atoms. The summed E-state index contributed by atoms with van der Waals surface area (Å²) < 4.78 is 21.1. The molecular formula is C11H24O4. The van der Waals surface area contributed by atoms with Gasteiger partial charge in [-0.1, -0.05) is 13.8 Å². The van der Waals surface area contributed by atoms with Gasteiger partial charge in [0.25, 0.3) is 0 Å². The van der Waals surface area contributed by atoms with Crippen molar-refractivity contribution in [2.24, 2.45) is 11.8 Å². The van der Waals surface area contributed by atoms with Crippen LogP contribution < -0.4 is 0 Å². The molecule has 0 heterocycles. The van der Waals surface area contributed by atoms with Crippen LogP contribution in [0.1, 0.15) is 20.3 Å². The third-order valence-electron chi connectivity index (χ3n) is 2.37. The first-order valence-corrected chi connectivity index (χ1v) is 5.21. The highest BCUT2D eigenvalue weighted by Gasteiger charge is 2.30. The Morgan fingerprint density at radius 3 is 1.27 bits per heavy atom. The Morgan fingerprint density at radius 1 is 0.733 bits per heavy atom. The molecule has 0 aromatic rings. The number of hydrogen-bond acceptors (Lipinski definition) is 4. The van der Waals surface area contributed by atoms with Gasteiger partial charge in [0.2, 0.25) is 0 Å². The lowest BCUT2D eigenvalue weighted by Gasteiger charge is -2.31. The van der Waals surface area contributed by atoms with E-state index < -0.39 is 0 Å². The van der Waals surface area contributed by atoms with Crippen molar-refractivity contribution in [1.29, 1.82) is 0 Å². The van der Waals surface area contributed by atoms with Gasteiger partial charge in [0, 0.05) is 28.4 Å². The Labute approximate surface area is 92.8 Å². The fraction of sp³-hybridized carbons (Fsp3) is 1.00. The molecule has 0 aromatic heterocycles. The quantitative estimate of drug-likeness (QED) is 0.585. The Hall–Kier alpha value is -0.160. The van der Waals surface area contributed by atoms with Gasteiger partial charge in [0.05, 0.1) is 5.92 Å². The molecule has 0 rings (SSSR count). The van der Waals surface area contributed by atoms with E-state index in [1.165, 1.54) is 0 Å². The monoisotopic (exact) mass is 220 g/mol. The summed E-state index contributed by atoms with van der Waals surface area (Å²) in [6.45, 7) is 4.30. The summed E-state index contributed by atoms with van der Waals surface area (Å²) in [7, 11) is 6.52. The Morgan fingerprint density at radius 2 is 1.07 bits per heavy atom. The fourth-order valence-corrected chi connectivity index (χ4v) is 1.79. The van der Waals surface area contributed by atoms with E-state index in [2.05, 4.69) is 13.8 Å². The zero-order valence-corrected chi connectivity index (χ0v) is 10.6. The Kier molecular flexibility index (Phi) is 7.96. The first kappa shape index (κ1) is 14.8. The molecule has 0 atom stereocenters. The molecule has 0 amide bonds. The molecule has 92 valence electrons. The summed E-state index contributed by atoms with van der Waals surface area (Å²) in [6, 6.07) is 0. The zero-order chi connectivity index (χ0) is 11.8. The molecule has 0 saturated heterocycles. The topological polar surface area (TPSA) is 36.9 Å². The van der Waals surface area contributed by atoms with Crippen LogP contribution in [-0.2, 0) is 18.9 Å². The van der Waals surface area contributed by atoms with E-state index in [1.54, 1.807) is 28.4 Å². The van der Waals surface area contributed by atoms with E-state index in [9.17, 15) is 0 Å². The molecule has 0 aliphatic carbocycles. The van der Waals surface area contributed by atoms with Crippen molar-refractivity contribution in [2.75, 3.05) is 28.4 Å². The summed E-state index contributed by atoms with van der Waals surface area (Å²) in [5.41, 5.74) is 0. The van der Waals surface area contributed by atoms with Crippen LogP contribution in [0.5, 0.6) is 0 Å². The average molecular weight is 220 g/mol. The number of hydrogen-bond donors (Lipinski definition) is 0. The lowest BCUT2D eigenvalue weighted by molar-refractivity contribution is -0.225. The van der Waals surface area contributed by atoms with Gasteiger partial charge in [-0.15, -0.1) is 0 Å². The van der Waals surface area contributed by atoms with Crippen LogP contribution in [0.15, 0.2) is 0 Å². The second-order valence-electron chi connectivity index (χ2n) is 3.97. The standard InChI is InChI=1S/C11H24O4/c1-8(2)7-9(10(12-3)13-4)11(14-5)15-6/h8-11H,7H2,1-6H3. The third kappa shape index (κ3) is 4.93. The van der Waals surface area contributed by atoms with Crippen molar-refractivity contribution in [1.82, 2.24) is 0 Å². The molecule has 0 radical (unpaired) electrons. The van der Waals surface area contributed by atoms with Gasteiger partial charge in [-0.05, 0) is 12.3 Å². The minimum absolute atomic E-state index is 0.0787. The minimum atomic E-state index is -0.294. The smallest absolute Gasteiger partial charge is 0.164 e. The fourth-order valence-electron chi connectivity index (χ4n) is 1.79. The SMILES string of the molecule is COC(OC)C(CC(C)C)C(OC)OC. The van der Waals surface area contributed by atoms with Crippen LogP contribution in [0.3, 0.4) is 0 Å². The lowest BCUT2D eigenvalue weighted by atomic mass is 9.95. The highest BCUT2D eigenvalue weighted by atomic mass is 16.7. The van der Waals surface area contributed by atoms with E-state index in [-0.39, 0.29) is 18.5 Å². The number of ether oxygens (including phenoxy) is 4. The van der Waals surface area contributed by atoms with Crippen molar-refractivity contribution < 1.29 is 18.9 Å². The molecule has 15 heavy (non-hydrogen) atoms. The van der Waals surface area contributed by atoms with E-state index >= 15 is 0 Å². The maximum absolute atomic E-state index is 5.26. The van der Waals surface area contributed by atoms with E-state index in [4.69, 9.17) is 18.9 Å². The number of methoxy groups -OCH3 is 4. The molecule has 0 saturated carbocycles. The van der Waals surface area contributed by atoms with Crippen LogP contribution in [0.4, 0.5) is 0 Å². The Bertz CT molecular complexity index is 130. The van der Waals surface area contributed by atoms with Crippen LogP contribution in [0, 0.1) is 11.8 Å². The Balaban J connectivity index is 4.52. The zero-order valence-electron chi connectivity index (χ0n) is 10.6. The van der Waals surface area contributed by atoms with Crippen LogP contribution >= 0.6 is 0 Å². The van der Waals surface area contributed by atoms with Crippen molar-refractivity contribution in [3.8, 4) is 0 Å². The number of rotatable bonds is 8. The van der Waals surface area contributed by atoms with Gasteiger partial charge in [0.1, 0.15) is 0 Å². The van der Waals surface area contributed by atoms with Gasteiger partial charge < -0.3 is 18.9 Å². The summed E-state index contributed by atoms with van der Waals surface area (Å²) in [4.78, 5) is 0. The van der Waals surface area contributed by atoms with Crippen molar-refractivity contribution in [3.05, 3.63) is 0 Å². The predicted molar refractivity (Wildman–Crippen MR) is 58.6 cm³/mol. The second kappa shape index (κ2) is 8.05. The van der Waals surface area contributed by atoms with E-state index in [0.29, 0.717) is 5.92 Å². The molecule has 0 bridgehead atoms. The van der Waals surface area contributed by atoms with Crippen molar-refractivity contribution in [3.63, 3.8) is 0 Å². The molecule has 4 nitrogen and oxygen atoms in total. The lowest BCUT2D eigenvalue weighted by Crippen LogP contribution is -2.37. The van der Waals surface area contributed by atoms with Gasteiger partial charge in [-0.25, -0.2) is 0 Å². The van der Waals surface area contributed by atoms with Crippen molar-refractivity contribution in [2.45, 2.75) is 32.8 Å². The normalized spacial score (nSPS) is 12.4. The summed E-state index contributed by atoms with van der Waals surface area (Å²) in [6.07, 6.45) is 0.341. The van der Waals surface area contributed by atoms with E-state index in [1.807, 2.05) is 0 Å². The van der Waals surface area contributed by atoms with Gasteiger partial charge in [0.15, 0.2) is 12.6 Å². The highest BCUT2D eigenvalue weighted by Crippen LogP contribution is 2.24. The molecular weight excluding hydrogens is 196 g/mol. The van der Waals surface area contributed by atoms with Gasteiger partial charge in [-0.2, -0.15) is 0 Å². The van der Waals surface area contributed by atoms with Crippen LogP contribution in [0.2, 0.25) is 0 Å². The molecule has 0 aliphatic rings. The van der Waals surface area contributed by atoms with E-state index in [0.717, 1.165) is 6.42 Å².